The average molecular weight is 387 g/mol. The lowest BCUT2D eigenvalue weighted by Gasteiger charge is -2.40. The lowest BCUT2D eigenvalue weighted by Crippen LogP contribution is -2.44. The van der Waals surface area contributed by atoms with Crippen LogP contribution in [-0.2, 0) is 0 Å². The zero-order valence-electron chi connectivity index (χ0n) is 16.0. The van der Waals surface area contributed by atoms with Crippen LogP contribution in [-0.4, -0.2) is 16.9 Å². The summed E-state index contributed by atoms with van der Waals surface area (Å²) >= 11 is 0. The summed E-state index contributed by atoms with van der Waals surface area (Å²) in [6.45, 7) is 1.97. The second kappa shape index (κ2) is 7.75. The molecule has 29 heavy (non-hydrogen) atoms. The molecule has 1 N–H and O–H groups in total. The van der Waals surface area contributed by atoms with Gasteiger partial charge in [0.05, 0.1) is 11.0 Å². The normalized spacial score (nSPS) is 18.0. The zero-order chi connectivity index (χ0) is 20.4. The molecule has 3 aromatic rings. The van der Waals surface area contributed by atoms with Crippen LogP contribution in [0.4, 0.5) is 17.1 Å². The Balaban J connectivity index is 1.73. The Kier molecular flexibility index (Phi) is 4.99. The number of carbonyl (C=O) groups is 1. The van der Waals surface area contributed by atoms with Gasteiger partial charge in [0.25, 0.3) is 11.6 Å². The molecular weight excluding hydrogens is 366 g/mol. The van der Waals surface area contributed by atoms with E-state index in [4.69, 9.17) is 0 Å². The van der Waals surface area contributed by atoms with Crippen molar-refractivity contribution in [2.24, 2.45) is 0 Å². The molecule has 0 radical (unpaired) electrons. The SMILES string of the molecule is C[C@H]1C[C@H](Nc2ccccc2)c2ccccc2N1C(=O)c1ccccc1[N+](=O)[O-]. The fourth-order valence-electron chi connectivity index (χ4n) is 3.94. The van der Waals surface area contributed by atoms with Gasteiger partial charge in [0, 0.05) is 23.5 Å². The maximum atomic E-state index is 13.4. The van der Waals surface area contributed by atoms with Crippen molar-refractivity contribution in [3.63, 3.8) is 0 Å². The second-order valence-corrected chi connectivity index (χ2v) is 7.16. The van der Waals surface area contributed by atoms with Crippen molar-refractivity contribution in [3.8, 4) is 0 Å². The molecule has 0 spiro atoms. The second-order valence-electron chi connectivity index (χ2n) is 7.16. The monoisotopic (exact) mass is 387 g/mol. The van der Waals surface area contributed by atoms with E-state index in [1.807, 2.05) is 61.5 Å². The molecule has 3 aromatic carbocycles. The summed E-state index contributed by atoms with van der Waals surface area (Å²) in [5.74, 6) is -0.351. The smallest absolute Gasteiger partial charge is 0.282 e. The number of hydrogen-bond acceptors (Lipinski definition) is 4. The summed E-state index contributed by atoms with van der Waals surface area (Å²) in [6, 6.07) is 23.7. The van der Waals surface area contributed by atoms with Crippen LogP contribution in [0.15, 0.2) is 78.9 Å². The van der Waals surface area contributed by atoms with E-state index in [2.05, 4.69) is 5.32 Å². The molecule has 0 saturated heterocycles. The molecule has 6 nitrogen and oxygen atoms in total. The minimum atomic E-state index is -0.506. The molecule has 1 aliphatic rings. The van der Waals surface area contributed by atoms with Crippen LogP contribution in [0, 0.1) is 10.1 Å². The molecule has 0 unspecified atom stereocenters. The average Bonchev–Trinajstić information content (AvgIpc) is 2.74. The van der Waals surface area contributed by atoms with Gasteiger partial charge in [-0.2, -0.15) is 0 Å². The van der Waals surface area contributed by atoms with Crippen LogP contribution >= 0.6 is 0 Å². The summed E-state index contributed by atoms with van der Waals surface area (Å²) in [6.07, 6.45) is 0.693. The highest BCUT2D eigenvalue weighted by atomic mass is 16.6. The molecule has 0 aliphatic carbocycles. The number of benzene rings is 3. The molecule has 146 valence electrons. The molecule has 6 heteroatoms. The van der Waals surface area contributed by atoms with Crippen molar-refractivity contribution >= 4 is 23.0 Å². The molecule has 1 amide bonds. The van der Waals surface area contributed by atoms with E-state index in [-0.39, 0.29) is 29.2 Å². The molecule has 0 aromatic heterocycles. The number of hydrogen-bond donors (Lipinski definition) is 1. The Bertz CT molecular complexity index is 1050. The van der Waals surface area contributed by atoms with Gasteiger partial charge in [-0.15, -0.1) is 0 Å². The zero-order valence-corrected chi connectivity index (χ0v) is 16.0. The Hall–Kier alpha value is -3.67. The van der Waals surface area contributed by atoms with Crippen LogP contribution in [0.1, 0.15) is 35.3 Å². The predicted molar refractivity (Wildman–Crippen MR) is 113 cm³/mol. The lowest BCUT2D eigenvalue weighted by molar-refractivity contribution is -0.385. The first-order chi connectivity index (χ1) is 14.1. The van der Waals surface area contributed by atoms with E-state index in [9.17, 15) is 14.9 Å². The van der Waals surface area contributed by atoms with Gasteiger partial charge in [-0.25, -0.2) is 0 Å². The number of nitrogens with one attached hydrogen (secondary N) is 1. The van der Waals surface area contributed by atoms with Gasteiger partial charge >= 0.3 is 0 Å². The number of amides is 1. The van der Waals surface area contributed by atoms with Gasteiger partial charge < -0.3 is 10.2 Å². The Labute approximate surface area is 168 Å². The van der Waals surface area contributed by atoms with Crippen molar-refractivity contribution < 1.29 is 9.72 Å². The molecule has 0 bridgehead atoms. The van der Waals surface area contributed by atoms with Crippen molar-refractivity contribution in [1.29, 1.82) is 0 Å². The lowest BCUT2D eigenvalue weighted by atomic mass is 9.90. The Morgan fingerprint density at radius 1 is 1.00 bits per heavy atom. The first-order valence-electron chi connectivity index (χ1n) is 9.53. The number of nitro groups is 1. The predicted octanol–water partition coefficient (Wildman–Crippen LogP) is 5.19. The fourth-order valence-corrected chi connectivity index (χ4v) is 3.94. The third kappa shape index (κ3) is 3.57. The molecule has 1 heterocycles. The summed E-state index contributed by atoms with van der Waals surface area (Å²) in [5.41, 5.74) is 2.72. The number of nitro benzene ring substituents is 1. The fraction of sp³-hybridized carbons (Fsp3) is 0.174. The van der Waals surface area contributed by atoms with E-state index in [1.54, 1.807) is 17.0 Å². The van der Waals surface area contributed by atoms with Crippen LogP contribution in [0.5, 0.6) is 0 Å². The minimum Gasteiger partial charge on any atom is -0.378 e. The van der Waals surface area contributed by atoms with E-state index < -0.39 is 4.92 Å². The standard InChI is InChI=1S/C23H21N3O3/c1-16-15-20(24-17-9-3-2-4-10-17)18-11-5-7-13-21(18)25(16)23(27)19-12-6-8-14-22(19)26(28)29/h2-14,16,20,24H,15H2,1H3/t16-,20-/m0/s1. The van der Waals surface area contributed by atoms with Gasteiger partial charge in [-0.05, 0) is 43.2 Å². The summed E-state index contributed by atoms with van der Waals surface area (Å²) in [5, 5.41) is 15.0. The Morgan fingerprint density at radius 2 is 1.66 bits per heavy atom. The van der Waals surface area contributed by atoms with Crippen molar-refractivity contribution in [2.75, 3.05) is 10.2 Å². The summed E-state index contributed by atoms with van der Waals surface area (Å²) in [7, 11) is 0. The van der Waals surface area contributed by atoms with Crippen LogP contribution in [0.2, 0.25) is 0 Å². The maximum absolute atomic E-state index is 13.4. The molecule has 0 fully saturated rings. The van der Waals surface area contributed by atoms with Gasteiger partial charge in [-0.1, -0.05) is 48.5 Å². The van der Waals surface area contributed by atoms with Crippen molar-refractivity contribution in [1.82, 2.24) is 0 Å². The van der Waals surface area contributed by atoms with E-state index in [1.165, 1.54) is 12.1 Å². The first-order valence-corrected chi connectivity index (χ1v) is 9.53. The number of rotatable bonds is 4. The van der Waals surface area contributed by atoms with Gasteiger partial charge in [0.1, 0.15) is 5.56 Å². The topological polar surface area (TPSA) is 75.5 Å². The van der Waals surface area contributed by atoms with E-state index >= 15 is 0 Å². The highest BCUT2D eigenvalue weighted by Gasteiger charge is 2.36. The van der Waals surface area contributed by atoms with Gasteiger partial charge in [0.2, 0.25) is 0 Å². The third-order valence-electron chi connectivity index (χ3n) is 5.25. The van der Waals surface area contributed by atoms with Crippen molar-refractivity contribution in [2.45, 2.75) is 25.4 Å². The van der Waals surface area contributed by atoms with Gasteiger partial charge in [0.15, 0.2) is 0 Å². The van der Waals surface area contributed by atoms with Gasteiger partial charge in [-0.3, -0.25) is 14.9 Å². The minimum absolute atomic E-state index is 0.0402. The summed E-state index contributed by atoms with van der Waals surface area (Å²) in [4.78, 5) is 26.0. The quantitative estimate of drug-likeness (QED) is 0.494. The summed E-state index contributed by atoms with van der Waals surface area (Å²) < 4.78 is 0. The molecule has 1 aliphatic heterocycles. The van der Waals surface area contributed by atoms with Crippen LogP contribution in [0.3, 0.4) is 0 Å². The number of nitrogens with zero attached hydrogens (tertiary/aromatic N) is 2. The molecule has 4 rings (SSSR count). The molecular formula is C23H21N3O3. The molecule has 0 saturated carbocycles. The molecule has 2 atom stereocenters. The third-order valence-corrected chi connectivity index (χ3v) is 5.25. The van der Waals surface area contributed by atoms with E-state index in [0.29, 0.717) is 6.42 Å². The largest absolute Gasteiger partial charge is 0.378 e. The Morgan fingerprint density at radius 3 is 2.41 bits per heavy atom. The highest BCUT2D eigenvalue weighted by molar-refractivity contribution is 6.09. The number of para-hydroxylation sites is 3. The number of anilines is 2. The number of fused-ring (bicyclic) bond motifs is 1. The van der Waals surface area contributed by atoms with Crippen LogP contribution < -0.4 is 10.2 Å². The highest BCUT2D eigenvalue weighted by Crippen LogP contribution is 2.40. The van der Waals surface area contributed by atoms with Crippen LogP contribution in [0.25, 0.3) is 0 Å². The maximum Gasteiger partial charge on any atom is 0.282 e. The van der Waals surface area contributed by atoms with Crippen molar-refractivity contribution in [3.05, 3.63) is 100 Å². The van der Waals surface area contributed by atoms with E-state index in [0.717, 1.165) is 16.9 Å². The number of carbonyl (C=O) groups excluding carboxylic acids is 1. The first kappa shape index (κ1) is 18.7.